The quantitative estimate of drug-likeness (QED) is 0.718. The third-order valence-electron chi connectivity index (χ3n) is 3.85. The predicted molar refractivity (Wildman–Crippen MR) is 64.3 cm³/mol. The van der Waals surface area contributed by atoms with E-state index in [1.54, 1.807) is 7.05 Å². The monoisotopic (exact) mass is 225 g/mol. The lowest BCUT2D eigenvalue weighted by Gasteiger charge is -2.36. The molecule has 1 unspecified atom stereocenters. The van der Waals surface area contributed by atoms with Gasteiger partial charge in [0.2, 0.25) is 5.91 Å². The highest BCUT2D eigenvalue weighted by molar-refractivity contribution is 5.81. The number of nitrogens with one attached hydrogen (secondary N) is 2. The Morgan fingerprint density at radius 1 is 1.44 bits per heavy atom. The summed E-state index contributed by atoms with van der Waals surface area (Å²) in [6.45, 7) is 4.51. The van der Waals surface area contributed by atoms with Crippen LogP contribution in [0.2, 0.25) is 0 Å². The highest BCUT2D eigenvalue weighted by Crippen LogP contribution is 2.19. The summed E-state index contributed by atoms with van der Waals surface area (Å²) in [6.07, 6.45) is 4.71. The molecule has 1 amide bonds. The molecule has 2 N–H and O–H groups in total. The van der Waals surface area contributed by atoms with Gasteiger partial charge in [-0.05, 0) is 51.4 Å². The third-order valence-corrected chi connectivity index (χ3v) is 3.85. The number of carbonyl (C=O) groups excluding carboxylic acids is 1. The molecule has 4 nitrogen and oxygen atoms in total. The van der Waals surface area contributed by atoms with Crippen molar-refractivity contribution in [1.82, 2.24) is 15.5 Å². The average molecular weight is 225 g/mol. The Balaban J connectivity index is 1.80. The summed E-state index contributed by atoms with van der Waals surface area (Å²) in [5.41, 5.74) is 0. The van der Waals surface area contributed by atoms with Gasteiger partial charge in [0.1, 0.15) is 0 Å². The van der Waals surface area contributed by atoms with Crippen molar-refractivity contribution in [2.24, 2.45) is 5.92 Å². The second-order valence-electron chi connectivity index (χ2n) is 4.97. The number of hydrogen-bond donors (Lipinski definition) is 2. The van der Waals surface area contributed by atoms with Gasteiger partial charge in [0.25, 0.3) is 0 Å². The van der Waals surface area contributed by atoms with E-state index < -0.39 is 0 Å². The van der Waals surface area contributed by atoms with E-state index in [1.165, 1.54) is 32.4 Å². The fourth-order valence-electron chi connectivity index (χ4n) is 2.62. The van der Waals surface area contributed by atoms with E-state index in [9.17, 15) is 4.79 Å². The molecule has 4 heteroatoms. The first kappa shape index (κ1) is 11.9. The minimum atomic E-state index is 0.131. The standard InChI is InChI=1S/C12H23N3O/c1-13-12(16)11-4-2-3-6-15(11)7-5-10-8-14-9-10/h10-11,14H,2-9H2,1H3,(H,13,16). The van der Waals surface area contributed by atoms with Crippen LogP contribution in [0.3, 0.4) is 0 Å². The second-order valence-corrected chi connectivity index (χ2v) is 4.97. The molecule has 2 aliphatic rings. The topological polar surface area (TPSA) is 44.4 Å². The molecule has 0 radical (unpaired) electrons. The van der Waals surface area contributed by atoms with E-state index >= 15 is 0 Å². The van der Waals surface area contributed by atoms with Gasteiger partial charge in [0.15, 0.2) is 0 Å². The fourth-order valence-corrected chi connectivity index (χ4v) is 2.62. The zero-order valence-electron chi connectivity index (χ0n) is 10.2. The van der Waals surface area contributed by atoms with Gasteiger partial charge < -0.3 is 10.6 Å². The Labute approximate surface area is 97.8 Å². The summed E-state index contributed by atoms with van der Waals surface area (Å²) in [5.74, 6) is 1.04. The molecule has 0 spiro atoms. The molecule has 0 aliphatic carbocycles. The maximum Gasteiger partial charge on any atom is 0.237 e. The first-order valence-electron chi connectivity index (χ1n) is 6.47. The minimum absolute atomic E-state index is 0.131. The van der Waals surface area contributed by atoms with Crippen LogP contribution in [0.4, 0.5) is 0 Å². The lowest BCUT2D eigenvalue weighted by Crippen LogP contribution is -2.50. The number of carbonyl (C=O) groups is 1. The summed E-state index contributed by atoms with van der Waals surface area (Å²) in [7, 11) is 1.74. The van der Waals surface area contributed by atoms with Crippen LogP contribution in [0, 0.1) is 5.92 Å². The average Bonchev–Trinajstić information content (AvgIpc) is 2.26. The van der Waals surface area contributed by atoms with Crippen molar-refractivity contribution in [3.8, 4) is 0 Å². The van der Waals surface area contributed by atoms with Crippen molar-refractivity contribution < 1.29 is 4.79 Å². The molecule has 92 valence electrons. The van der Waals surface area contributed by atoms with Crippen molar-refractivity contribution in [3.05, 3.63) is 0 Å². The Morgan fingerprint density at radius 3 is 2.88 bits per heavy atom. The molecular weight excluding hydrogens is 202 g/mol. The molecular formula is C12H23N3O. The van der Waals surface area contributed by atoms with Gasteiger partial charge >= 0.3 is 0 Å². The molecule has 2 saturated heterocycles. The third kappa shape index (κ3) is 2.74. The second kappa shape index (κ2) is 5.64. The van der Waals surface area contributed by atoms with Crippen LogP contribution in [0.1, 0.15) is 25.7 Å². The van der Waals surface area contributed by atoms with Crippen LogP contribution in [0.5, 0.6) is 0 Å². The summed E-state index contributed by atoms with van der Waals surface area (Å²) in [5, 5.41) is 6.08. The number of rotatable bonds is 4. The van der Waals surface area contributed by atoms with E-state index in [0.717, 1.165) is 25.4 Å². The SMILES string of the molecule is CNC(=O)C1CCCCN1CCC1CNC1. The van der Waals surface area contributed by atoms with E-state index in [2.05, 4.69) is 15.5 Å². The molecule has 0 bridgehead atoms. The van der Waals surface area contributed by atoms with E-state index in [-0.39, 0.29) is 11.9 Å². The first-order chi connectivity index (χ1) is 7.81. The maximum atomic E-state index is 11.7. The molecule has 0 saturated carbocycles. The zero-order valence-corrected chi connectivity index (χ0v) is 10.2. The summed E-state index contributed by atoms with van der Waals surface area (Å²) >= 11 is 0. The van der Waals surface area contributed by atoms with Crippen LogP contribution in [-0.4, -0.2) is 50.1 Å². The van der Waals surface area contributed by atoms with Gasteiger partial charge in [0.05, 0.1) is 6.04 Å². The molecule has 0 aromatic heterocycles. The van der Waals surface area contributed by atoms with Crippen LogP contribution >= 0.6 is 0 Å². The summed E-state index contributed by atoms with van der Waals surface area (Å²) < 4.78 is 0. The normalized spacial score (nSPS) is 27.4. The number of piperidine rings is 1. The lowest BCUT2D eigenvalue weighted by molar-refractivity contribution is -0.127. The van der Waals surface area contributed by atoms with Crippen molar-refractivity contribution in [1.29, 1.82) is 0 Å². The first-order valence-corrected chi connectivity index (χ1v) is 6.47. The molecule has 0 aromatic rings. The Bertz CT molecular complexity index is 240. The van der Waals surface area contributed by atoms with E-state index in [0.29, 0.717) is 0 Å². The highest BCUT2D eigenvalue weighted by atomic mass is 16.2. The molecule has 1 atom stereocenters. The fraction of sp³-hybridized carbons (Fsp3) is 0.917. The van der Waals surface area contributed by atoms with Crippen LogP contribution in [-0.2, 0) is 4.79 Å². The Hall–Kier alpha value is -0.610. The van der Waals surface area contributed by atoms with Crippen LogP contribution in [0.15, 0.2) is 0 Å². The molecule has 2 aliphatic heterocycles. The van der Waals surface area contributed by atoms with Crippen molar-refractivity contribution in [2.75, 3.05) is 33.2 Å². The Morgan fingerprint density at radius 2 is 2.25 bits per heavy atom. The number of likely N-dealkylation sites (tertiary alicyclic amines) is 1. The van der Waals surface area contributed by atoms with Gasteiger partial charge in [-0.25, -0.2) is 0 Å². The van der Waals surface area contributed by atoms with Gasteiger partial charge in [-0.3, -0.25) is 9.69 Å². The van der Waals surface area contributed by atoms with Crippen molar-refractivity contribution in [3.63, 3.8) is 0 Å². The lowest BCUT2D eigenvalue weighted by atomic mass is 9.96. The maximum absolute atomic E-state index is 11.7. The largest absolute Gasteiger partial charge is 0.358 e. The number of amides is 1. The highest BCUT2D eigenvalue weighted by Gasteiger charge is 2.28. The van der Waals surface area contributed by atoms with Crippen molar-refractivity contribution in [2.45, 2.75) is 31.7 Å². The van der Waals surface area contributed by atoms with E-state index in [4.69, 9.17) is 0 Å². The smallest absolute Gasteiger partial charge is 0.237 e. The summed E-state index contributed by atoms with van der Waals surface area (Å²) in [6, 6.07) is 0.131. The molecule has 2 heterocycles. The van der Waals surface area contributed by atoms with Gasteiger partial charge in [-0.15, -0.1) is 0 Å². The van der Waals surface area contributed by atoms with Gasteiger partial charge in [-0.2, -0.15) is 0 Å². The predicted octanol–water partition coefficient (Wildman–Crippen LogP) is 0.196. The zero-order chi connectivity index (χ0) is 11.4. The number of hydrogen-bond acceptors (Lipinski definition) is 3. The number of nitrogens with zero attached hydrogens (tertiary/aromatic N) is 1. The van der Waals surface area contributed by atoms with Crippen LogP contribution < -0.4 is 10.6 Å². The van der Waals surface area contributed by atoms with Crippen LogP contribution in [0.25, 0.3) is 0 Å². The van der Waals surface area contributed by atoms with E-state index in [1.807, 2.05) is 0 Å². The number of likely N-dealkylation sites (N-methyl/N-ethyl adjacent to an activating group) is 1. The Kier molecular flexibility index (Phi) is 4.18. The molecule has 16 heavy (non-hydrogen) atoms. The molecule has 2 rings (SSSR count). The summed E-state index contributed by atoms with van der Waals surface area (Å²) in [4.78, 5) is 14.1. The van der Waals surface area contributed by atoms with Gasteiger partial charge in [0, 0.05) is 7.05 Å². The molecule has 2 fully saturated rings. The van der Waals surface area contributed by atoms with Gasteiger partial charge in [-0.1, -0.05) is 6.42 Å². The molecule has 0 aromatic carbocycles. The van der Waals surface area contributed by atoms with Crippen molar-refractivity contribution >= 4 is 5.91 Å². The minimum Gasteiger partial charge on any atom is -0.358 e.